The van der Waals surface area contributed by atoms with Crippen molar-refractivity contribution >= 4 is 11.4 Å². The normalized spacial score (nSPS) is 17.3. The Balaban J connectivity index is 1.72. The highest BCUT2D eigenvalue weighted by atomic mass is 19.3. The van der Waals surface area contributed by atoms with E-state index in [0.717, 1.165) is 23.2 Å². The first kappa shape index (κ1) is 19.8. The standard InChI is InChI=1S/C21H28F2N2O2/c1-3-27-12-8-17-13-18(19-15(2)5-4-11-25(17)19)20(26)24-14-16-6-9-21(22,23)10-7-16/h4-5,11,13,16H,3,6-10,12,14H2,1-2H3,(H,24,26). The van der Waals surface area contributed by atoms with Crippen LogP contribution in [-0.2, 0) is 11.2 Å². The number of halogens is 2. The average Bonchev–Trinajstić information content (AvgIpc) is 3.01. The first-order chi connectivity index (χ1) is 12.9. The van der Waals surface area contributed by atoms with Gasteiger partial charge in [0.25, 0.3) is 5.91 Å². The summed E-state index contributed by atoms with van der Waals surface area (Å²) in [6.07, 6.45) is 3.45. The lowest BCUT2D eigenvalue weighted by Crippen LogP contribution is -2.33. The maximum atomic E-state index is 13.3. The van der Waals surface area contributed by atoms with Gasteiger partial charge in [-0.25, -0.2) is 8.78 Å². The van der Waals surface area contributed by atoms with Crippen molar-refractivity contribution in [2.75, 3.05) is 19.8 Å². The fraction of sp³-hybridized carbons (Fsp3) is 0.571. The Morgan fingerprint density at radius 2 is 2.11 bits per heavy atom. The summed E-state index contributed by atoms with van der Waals surface area (Å²) in [7, 11) is 0. The van der Waals surface area contributed by atoms with E-state index in [1.807, 2.05) is 42.6 Å². The lowest BCUT2D eigenvalue weighted by molar-refractivity contribution is -0.0452. The number of ether oxygens (including phenoxy) is 1. The van der Waals surface area contributed by atoms with Crippen LogP contribution in [-0.4, -0.2) is 36.0 Å². The number of carbonyl (C=O) groups excluding carboxylic acids is 1. The molecule has 1 aliphatic rings. The lowest BCUT2D eigenvalue weighted by Gasteiger charge is -2.28. The summed E-state index contributed by atoms with van der Waals surface area (Å²) in [5.41, 5.74) is 3.60. The van der Waals surface area contributed by atoms with Crippen molar-refractivity contribution in [3.8, 4) is 0 Å². The van der Waals surface area contributed by atoms with Gasteiger partial charge in [-0.05, 0) is 50.3 Å². The van der Waals surface area contributed by atoms with Crippen LogP contribution in [0.2, 0.25) is 0 Å². The van der Waals surface area contributed by atoms with Crippen LogP contribution >= 0.6 is 0 Å². The summed E-state index contributed by atoms with van der Waals surface area (Å²) in [6.45, 7) is 5.67. The van der Waals surface area contributed by atoms with Gasteiger partial charge in [0.1, 0.15) is 0 Å². The molecule has 0 atom stereocenters. The van der Waals surface area contributed by atoms with Gasteiger partial charge >= 0.3 is 0 Å². The van der Waals surface area contributed by atoms with E-state index in [1.54, 1.807) is 0 Å². The van der Waals surface area contributed by atoms with E-state index in [9.17, 15) is 13.6 Å². The topological polar surface area (TPSA) is 42.7 Å². The Hall–Kier alpha value is -1.95. The molecule has 6 heteroatoms. The number of nitrogens with zero attached hydrogens (tertiary/aromatic N) is 1. The molecule has 0 spiro atoms. The summed E-state index contributed by atoms with van der Waals surface area (Å²) in [6, 6.07) is 5.88. The van der Waals surface area contributed by atoms with Crippen LogP contribution in [0.4, 0.5) is 8.78 Å². The summed E-state index contributed by atoms with van der Waals surface area (Å²) in [5.74, 6) is -2.55. The molecule has 2 heterocycles. The highest BCUT2D eigenvalue weighted by Gasteiger charge is 2.34. The van der Waals surface area contributed by atoms with Crippen molar-refractivity contribution in [3.63, 3.8) is 0 Å². The van der Waals surface area contributed by atoms with E-state index in [2.05, 4.69) is 5.32 Å². The molecule has 3 rings (SSSR count). The molecule has 0 saturated heterocycles. The maximum absolute atomic E-state index is 13.3. The van der Waals surface area contributed by atoms with E-state index in [1.165, 1.54) is 0 Å². The molecule has 0 aromatic carbocycles. The SMILES string of the molecule is CCOCCc1cc(C(=O)NCC2CCC(F)(F)CC2)c2c(C)cccn12. The number of rotatable bonds is 7. The number of fused-ring (bicyclic) bond motifs is 1. The third kappa shape index (κ3) is 4.67. The molecule has 1 N–H and O–H groups in total. The van der Waals surface area contributed by atoms with E-state index in [4.69, 9.17) is 4.74 Å². The van der Waals surface area contributed by atoms with Crippen molar-refractivity contribution in [1.29, 1.82) is 0 Å². The van der Waals surface area contributed by atoms with E-state index in [0.29, 0.717) is 38.2 Å². The largest absolute Gasteiger partial charge is 0.381 e. The Kier molecular flexibility index (Phi) is 6.15. The number of pyridine rings is 1. The second kappa shape index (κ2) is 8.38. The van der Waals surface area contributed by atoms with Gasteiger partial charge in [0.05, 0.1) is 17.7 Å². The van der Waals surface area contributed by atoms with Gasteiger partial charge in [0, 0.05) is 44.3 Å². The Bertz CT molecular complexity index is 791. The fourth-order valence-electron chi connectivity index (χ4n) is 3.83. The first-order valence-electron chi connectivity index (χ1n) is 9.74. The van der Waals surface area contributed by atoms with Crippen molar-refractivity contribution < 1.29 is 18.3 Å². The summed E-state index contributed by atoms with van der Waals surface area (Å²) in [5, 5.41) is 2.97. The summed E-state index contributed by atoms with van der Waals surface area (Å²) >= 11 is 0. The van der Waals surface area contributed by atoms with Crippen LogP contribution in [0.25, 0.3) is 5.52 Å². The first-order valence-corrected chi connectivity index (χ1v) is 9.74. The molecule has 0 aliphatic heterocycles. The molecule has 2 aromatic rings. The fourth-order valence-corrected chi connectivity index (χ4v) is 3.83. The number of hydrogen-bond acceptors (Lipinski definition) is 2. The molecule has 27 heavy (non-hydrogen) atoms. The summed E-state index contributed by atoms with van der Waals surface area (Å²) < 4.78 is 34.1. The Morgan fingerprint density at radius 3 is 2.81 bits per heavy atom. The van der Waals surface area contributed by atoms with Gasteiger partial charge in [-0.1, -0.05) is 6.07 Å². The molecule has 0 bridgehead atoms. The van der Waals surface area contributed by atoms with Crippen LogP contribution in [0.1, 0.15) is 54.2 Å². The average molecular weight is 378 g/mol. The van der Waals surface area contributed by atoms with Crippen LogP contribution in [0.5, 0.6) is 0 Å². The van der Waals surface area contributed by atoms with Crippen LogP contribution < -0.4 is 5.32 Å². The number of amides is 1. The maximum Gasteiger partial charge on any atom is 0.253 e. The molecule has 4 nitrogen and oxygen atoms in total. The van der Waals surface area contributed by atoms with Crippen molar-refractivity contribution in [2.45, 2.75) is 51.9 Å². The number of nitrogens with one attached hydrogen (secondary N) is 1. The summed E-state index contributed by atoms with van der Waals surface area (Å²) in [4.78, 5) is 12.8. The van der Waals surface area contributed by atoms with Crippen LogP contribution in [0.15, 0.2) is 24.4 Å². The quantitative estimate of drug-likeness (QED) is 0.727. The minimum atomic E-state index is -2.54. The molecule has 1 aliphatic carbocycles. The zero-order valence-electron chi connectivity index (χ0n) is 16.1. The zero-order chi connectivity index (χ0) is 19.4. The minimum absolute atomic E-state index is 0.0800. The van der Waals surface area contributed by atoms with Gasteiger partial charge in [0.2, 0.25) is 5.92 Å². The van der Waals surface area contributed by atoms with Gasteiger partial charge in [-0.15, -0.1) is 0 Å². The second-order valence-electron chi connectivity index (χ2n) is 7.42. The molecular formula is C21H28F2N2O2. The van der Waals surface area contributed by atoms with Gasteiger partial charge in [0.15, 0.2) is 0 Å². The van der Waals surface area contributed by atoms with Gasteiger partial charge < -0.3 is 14.5 Å². The number of aryl methyl sites for hydroxylation is 1. The Labute approximate surface area is 158 Å². The molecule has 2 aromatic heterocycles. The van der Waals surface area contributed by atoms with Crippen molar-refractivity contribution in [1.82, 2.24) is 9.72 Å². The van der Waals surface area contributed by atoms with Gasteiger partial charge in [-0.3, -0.25) is 4.79 Å². The molecule has 0 radical (unpaired) electrons. The monoisotopic (exact) mass is 378 g/mol. The van der Waals surface area contributed by atoms with Crippen LogP contribution in [0.3, 0.4) is 0 Å². The zero-order valence-corrected chi connectivity index (χ0v) is 16.1. The Morgan fingerprint density at radius 1 is 1.37 bits per heavy atom. The minimum Gasteiger partial charge on any atom is -0.381 e. The smallest absolute Gasteiger partial charge is 0.253 e. The number of aromatic nitrogens is 1. The molecular weight excluding hydrogens is 350 g/mol. The lowest BCUT2D eigenvalue weighted by atomic mass is 9.87. The molecule has 1 saturated carbocycles. The van der Waals surface area contributed by atoms with E-state index in [-0.39, 0.29) is 24.7 Å². The van der Waals surface area contributed by atoms with Crippen molar-refractivity contribution in [2.24, 2.45) is 5.92 Å². The number of carbonyl (C=O) groups is 1. The van der Waals surface area contributed by atoms with E-state index < -0.39 is 5.92 Å². The molecule has 0 unspecified atom stereocenters. The predicted molar refractivity (Wildman–Crippen MR) is 102 cm³/mol. The van der Waals surface area contributed by atoms with Crippen LogP contribution in [0, 0.1) is 12.8 Å². The third-order valence-electron chi connectivity index (χ3n) is 5.41. The second-order valence-corrected chi connectivity index (χ2v) is 7.42. The highest BCUT2D eigenvalue weighted by Crippen LogP contribution is 2.35. The molecule has 148 valence electrons. The van der Waals surface area contributed by atoms with Gasteiger partial charge in [-0.2, -0.15) is 0 Å². The predicted octanol–water partition coefficient (Wildman–Crippen LogP) is 4.38. The number of alkyl halides is 2. The molecule has 1 amide bonds. The van der Waals surface area contributed by atoms with Crippen molar-refractivity contribution in [3.05, 3.63) is 41.2 Å². The number of hydrogen-bond donors (Lipinski definition) is 1. The molecule has 1 fully saturated rings. The van der Waals surface area contributed by atoms with E-state index >= 15 is 0 Å². The third-order valence-corrected chi connectivity index (χ3v) is 5.41. The highest BCUT2D eigenvalue weighted by molar-refractivity contribution is 6.02.